The maximum absolute atomic E-state index is 12.3. The van der Waals surface area contributed by atoms with E-state index in [1.807, 2.05) is 6.07 Å². The summed E-state index contributed by atoms with van der Waals surface area (Å²) in [5.41, 5.74) is 1.30. The molecule has 108 valence electrons. The van der Waals surface area contributed by atoms with Crippen molar-refractivity contribution in [2.45, 2.75) is 0 Å². The van der Waals surface area contributed by atoms with Crippen LogP contribution in [0, 0.1) is 11.3 Å². The summed E-state index contributed by atoms with van der Waals surface area (Å²) in [6, 6.07) is 13.9. The predicted octanol–water partition coefficient (Wildman–Crippen LogP) is 3.86. The lowest BCUT2D eigenvalue weighted by Gasteiger charge is -2.03. The molecule has 5 heteroatoms. The first-order valence-corrected chi connectivity index (χ1v) is 6.89. The Labute approximate surface area is 132 Å². The number of hydrogen-bond donors (Lipinski definition) is 0. The van der Waals surface area contributed by atoms with Crippen LogP contribution >= 0.6 is 11.6 Å². The van der Waals surface area contributed by atoms with Crippen LogP contribution in [0.5, 0.6) is 11.5 Å². The van der Waals surface area contributed by atoms with Gasteiger partial charge in [-0.15, -0.1) is 0 Å². The summed E-state index contributed by atoms with van der Waals surface area (Å²) < 4.78 is 10.8. The second-order valence-electron chi connectivity index (χ2n) is 4.60. The third-order valence-electron chi connectivity index (χ3n) is 3.11. The highest BCUT2D eigenvalue weighted by Crippen LogP contribution is 2.34. The minimum absolute atomic E-state index is 0.0554. The minimum atomic E-state index is -0.184. The molecule has 3 rings (SSSR count). The molecule has 0 saturated carbocycles. The molecule has 0 bridgehead atoms. The van der Waals surface area contributed by atoms with Crippen molar-refractivity contribution in [3.63, 3.8) is 0 Å². The van der Waals surface area contributed by atoms with Crippen LogP contribution in [0.15, 0.2) is 48.2 Å². The Morgan fingerprint density at radius 3 is 2.73 bits per heavy atom. The fourth-order valence-electron chi connectivity index (χ4n) is 2.08. The van der Waals surface area contributed by atoms with Gasteiger partial charge in [-0.25, -0.2) is 0 Å². The van der Waals surface area contributed by atoms with E-state index in [9.17, 15) is 4.79 Å². The normalized spacial score (nSPS) is 14.4. The fourth-order valence-corrected chi connectivity index (χ4v) is 2.21. The summed E-state index contributed by atoms with van der Waals surface area (Å²) in [5.74, 6) is 0.980. The minimum Gasteiger partial charge on any atom is -0.479 e. The predicted molar refractivity (Wildman–Crippen MR) is 81.9 cm³/mol. The molecular formula is C17H10ClNO3. The van der Waals surface area contributed by atoms with Gasteiger partial charge in [0.1, 0.15) is 17.6 Å². The smallest absolute Gasteiger partial charge is 0.231 e. The molecule has 1 aliphatic heterocycles. The van der Waals surface area contributed by atoms with Gasteiger partial charge < -0.3 is 9.47 Å². The number of allylic oxidation sites excluding steroid dienone is 1. The highest BCUT2D eigenvalue weighted by Gasteiger charge is 2.27. The first-order chi connectivity index (χ1) is 10.7. The molecule has 0 unspecified atom stereocenters. The van der Waals surface area contributed by atoms with Crippen LogP contribution in [0.3, 0.4) is 0 Å². The highest BCUT2D eigenvalue weighted by molar-refractivity contribution is 6.30. The second-order valence-corrected chi connectivity index (χ2v) is 5.03. The molecule has 0 spiro atoms. The molecule has 0 amide bonds. The quantitative estimate of drug-likeness (QED) is 0.808. The van der Waals surface area contributed by atoms with E-state index in [1.165, 1.54) is 0 Å². The summed E-state index contributed by atoms with van der Waals surface area (Å²) in [4.78, 5) is 12.3. The van der Waals surface area contributed by atoms with Gasteiger partial charge in [-0.1, -0.05) is 23.7 Å². The largest absolute Gasteiger partial charge is 0.479 e. The lowest BCUT2D eigenvalue weighted by Crippen LogP contribution is -1.97. The Balaban J connectivity index is 1.87. The zero-order valence-corrected chi connectivity index (χ0v) is 12.1. The van der Waals surface area contributed by atoms with Crippen molar-refractivity contribution in [1.29, 1.82) is 5.26 Å². The number of nitriles is 1. The van der Waals surface area contributed by atoms with Crippen molar-refractivity contribution < 1.29 is 14.3 Å². The molecule has 0 fully saturated rings. The van der Waals surface area contributed by atoms with E-state index in [-0.39, 0.29) is 18.1 Å². The number of nitrogens with zero attached hydrogens (tertiary/aromatic N) is 1. The number of carbonyl (C=O) groups excluding carboxylic acids is 1. The zero-order valence-electron chi connectivity index (χ0n) is 11.4. The molecule has 0 radical (unpaired) electrons. The number of rotatable bonds is 3. The van der Waals surface area contributed by atoms with E-state index in [0.29, 0.717) is 22.1 Å². The Hall–Kier alpha value is -2.77. The van der Waals surface area contributed by atoms with Crippen LogP contribution in [0.2, 0.25) is 5.02 Å². The number of hydrogen-bond acceptors (Lipinski definition) is 4. The molecule has 2 aromatic carbocycles. The van der Waals surface area contributed by atoms with Crippen molar-refractivity contribution in [2.24, 2.45) is 0 Å². The van der Waals surface area contributed by atoms with Crippen molar-refractivity contribution in [1.82, 2.24) is 0 Å². The van der Waals surface area contributed by atoms with E-state index in [0.717, 1.165) is 5.56 Å². The molecule has 0 saturated heterocycles. The third-order valence-corrected chi connectivity index (χ3v) is 3.36. The maximum atomic E-state index is 12.3. The Bertz CT molecular complexity index is 804. The molecule has 0 N–H and O–H groups in total. The summed E-state index contributed by atoms with van der Waals surface area (Å²) in [6.07, 6.45) is 1.66. The molecule has 1 heterocycles. The fraction of sp³-hybridized carbons (Fsp3) is 0.0588. The van der Waals surface area contributed by atoms with Gasteiger partial charge in [-0.2, -0.15) is 5.26 Å². The number of ketones is 1. The van der Waals surface area contributed by atoms with Crippen LogP contribution in [0.4, 0.5) is 0 Å². The van der Waals surface area contributed by atoms with Gasteiger partial charge in [0.25, 0.3) is 0 Å². The van der Waals surface area contributed by atoms with Gasteiger partial charge in [0.2, 0.25) is 5.78 Å². The average Bonchev–Trinajstić information content (AvgIpc) is 2.83. The number of carbonyl (C=O) groups is 1. The van der Waals surface area contributed by atoms with E-state index in [2.05, 4.69) is 0 Å². The Morgan fingerprint density at radius 1 is 1.23 bits per heavy atom. The third kappa shape index (κ3) is 2.80. The molecule has 0 aliphatic carbocycles. The molecule has 0 atom stereocenters. The van der Waals surface area contributed by atoms with Crippen molar-refractivity contribution in [3.05, 3.63) is 64.4 Å². The second kappa shape index (κ2) is 5.92. The summed E-state index contributed by atoms with van der Waals surface area (Å²) in [6.45, 7) is -0.0554. The monoisotopic (exact) mass is 311 g/mol. The van der Waals surface area contributed by atoms with Crippen LogP contribution in [-0.4, -0.2) is 12.4 Å². The van der Waals surface area contributed by atoms with Crippen molar-refractivity contribution in [2.75, 3.05) is 6.61 Å². The van der Waals surface area contributed by atoms with Gasteiger partial charge in [-0.3, -0.25) is 4.79 Å². The van der Waals surface area contributed by atoms with Gasteiger partial charge in [0, 0.05) is 11.1 Å². The standard InChI is InChI=1S/C17H10ClNO3/c18-12-3-1-11(2-4-12)9-16-17(20)14-6-5-13(21-8-7-19)10-15(14)22-16/h1-6,9-10H,8H2/b16-9-. The van der Waals surface area contributed by atoms with Crippen molar-refractivity contribution >= 4 is 23.5 Å². The molecule has 4 nitrogen and oxygen atoms in total. The van der Waals surface area contributed by atoms with Crippen LogP contribution < -0.4 is 9.47 Å². The lowest BCUT2D eigenvalue weighted by atomic mass is 10.1. The van der Waals surface area contributed by atoms with E-state index < -0.39 is 0 Å². The van der Waals surface area contributed by atoms with Gasteiger partial charge >= 0.3 is 0 Å². The van der Waals surface area contributed by atoms with Gasteiger partial charge in [0.05, 0.1) is 5.56 Å². The Kier molecular flexibility index (Phi) is 3.82. The molecule has 0 aromatic heterocycles. The summed E-state index contributed by atoms with van der Waals surface area (Å²) in [5, 5.41) is 9.14. The van der Waals surface area contributed by atoms with E-state index in [4.69, 9.17) is 26.3 Å². The first-order valence-electron chi connectivity index (χ1n) is 6.51. The topological polar surface area (TPSA) is 59.3 Å². The van der Waals surface area contributed by atoms with Crippen LogP contribution in [0.25, 0.3) is 6.08 Å². The first kappa shape index (κ1) is 14.2. The van der Waals surface area contributed by atoms with Crippen molar-refractivity contribution in [3.8, 4) is 17.6 Å². The van der Waals surface area contributed by atoms with Crippen LogP contribution in [0.1, 0.15) is 15.9 Å². The van der Waals surface area contributed by atoms with E-state index in [1.54, 1.807) is 48.5 Å². The number of ether oxygens (including phenoxy) is 2. The molecule has 22 heavy (non-hydrogen) atoms. The number of Topliss-reactive ketones (excluding diaryl/α,β-unsaturated/α-hetero) is 1. The lowest BCUT2D eigenvalue weighted by molar-refractivity contribution is 0.101. The molecule has 2 aromatic rings. The Morgan fingerprint density at radius 2 is 2.00 bits per heavy atom. The van der Waals surface area contributed by atoms with Gasteiger partial charge in [0.15, 0.2) is 12.4 Å². The number of halogens is 1. The molecule has 1 aliphatic rings. The summed E-state index contributed by atoms with van der Waals surface area (Å²) >= 11 is 5.83. The highest BCUT2D eigenvalue weighted by atomic mass is 35.5. The maximum Gasteiger partial charge on any atom is 0.231 e. The van der Waals surface area contributed by atoms with E-state index >= 15 is 0 Å². The van der Waals surface area contributed by atoms with Crippen LogP contribution in [-0.2, 0) is 0 Å². The average molecular weight is 312 g/mol. The summed E-state index contributed by atoms with van der Waals surface area (Å²) in [7, 11) is 0. The molecular weight excluding hydrogens is 302 g/mol. The van der Waals surface area contributed by atoms with Gasteiger partial charge in [-0.05, 0) is 35.9 Å². The number of benzene rings is 2. The number of fused-ring (bicyclic) bond motifs is 1. The SMILES string of the molecule is N#CCOc1ccc2c(c1)O/C(=C\c1ccc(Cl)cc1)C2=O. The zero-order chi connectivity index (χ0) is 15.5.